The van der Waals surface area contributed by atoms with E-state index in [1.807, 2.05) is 18.5 Å². The monoisotopic (exact) mass is 465 g/mol. The van der Waals surface area contributed by atoms with Crippen molar-refractivity contribution in [2.45, 2.75) is 43.8 Å². The lowest BCUT2D eigenvalue weighted by molar-refractivity contribution is 0.281. The van der Waals surface area contributed by atoms with Crippen molar-refractivity contribution in [3.63, 3.8) is 0 Å². The van der Waals surface area contributed by atoms with Gasteiger partial charge in [0, 0.05) is 35.6 Å². The number of hydrogen-bond acceptors (Lipinski definition) is 7. The Hall–Kier alpha value is -3.37. The van der Waals surface area contributed by atoms with Crippen molar-refractivity contribution < 1.29 is 4.39 Å². The van der Waals surface area contributed by atoms with Gasteiger partial charge in [-0.1, -0.05) is 17.7 Å². The highest BCUT2D eigenvalue weighted by molar-refractivity contribution is 6.30. The second-order valence-electron chi connectivity index (χ2n) is 8.62. The Labute approximate surface area is 193 Å². The Bertz CT molecular complexity index is 1320. The van der Waals surface area contributed by atoms with Crippen LogP contribution >= 0.6 is 11.6 Å². The molecule has 5 heterocycles. The lowest BCUT2D eigenvalue weighted by atomic mass is 10.00. The molecule has 168 valence electrons. The third-order valence-electron chi connectivity index (χ3n) is 6.55. The molecule has 2 aliphatic rings. The molecule has 33 heavy (non-hydrogen) atoms. The number of piperidine rings is 1. The SMILES string of the molecule is Nc1ncc(-c2cnn(C3C[C@H]4CC[C@@H](C3)N4)c2)cc1-c1nnnn1-c1cccc(Cl)c1F. The fourth-order valence-electron chi connectivity index (χ4n) is 4.92. The molecule has 3 atom stereocenters. The van der Waals surface area contributed by atoms with Gasteiger partial charge in [0.05, 0.1) is 22.8 Å². The summed E-state index contributed by atoms with van der Waals surface area (Å²) in [5, 5.41) is 20.0. The number of nitrogens with two attached hydrogens (primary N) is 1. The number of rotatable bonds is 4. The smallest absolute Gasteiger partial charge is 0.190 e. The number of benzene rings is 1. The van der Waals surface area contributed by atoms with E-state index < -0.39 is 5.82 Å². The standard InChI is InChI=1S/C22H21ClFN9/c23-18-2-1-3-19(20(18)24)33-22(29-30-31-33)17-6-12(9-26-21(17)25)13-10-27-32(11-13)16-7-14-4-5-15(8-16)28-14/h1-3,6,9-11,14-16,28H,4-5,7-8H2,(H2,25,26)/t14-,15+,16?. The van der Waals surface area contributed by atoms with Gasteiger partial charge in [0.15, 0.2) is 11.6 Å². The van der Waals surface area contributed by atoms with Gasteiger partial charge >= 0.3 is 0 Å². The van der Waals surface area contributed by atoms with Gasteiger partial charge < -0.3 is 11.1 Å². The summed E-state index contributed by atoms with van der Waals surface area (Å²) in [5.74, 6) is -0.113. The van der Waals surface area contributed by atoms with Gasteiger partial charge in [-0.2, -0.15) is 9.78 Å². The second-order valence-corrected chi connectivity index (χ2v) is 9.02. The molecule has 0 aliphatic carbocycles. The molecule has 1 aromatic carbocycles. The average molecular weight is 466 g/mol. The molecule has 1 unspecified atom stereocenters. The molecule has 9 nitrogen and oxygen atoms in total. The van der Waals surface area contributed by atoms with E-state index in [1.54, 1.807) is 18.3 Å². The van der Waals surface area contributed by atoms with Gasteiger partial charge in [-0.05, 0) is 54.3 Å². The van der Waals surface area contributed by atoms with Crippen LogP contribution in [0.3, 0.4) is 0 Å². The second kappa shape index (κ2) is 7.89. The molecule has 0 spiro atoms. The molecule has 3 N–H and O–H groups in total. The van der Waals surface area contributed by atoms with Crippen LogP contribution in [0.1, 0.15) is 31.7 Å². The zero-order chi connectivity index (χ0) is 22.5. The Kier molecular flexibility index (Phi) is 4.84. The first kappa shape index (κ1) is 20.3. The third-order valence-corrected chi connectivity index (χ3v) is 6.84. The maximum absolute atomic E-state index is 14.6. The number of hydrogen-bond donors (Lipinski definition) is 2. The van der Waals surface area contributed by atoms with Crippen LogP contribution in [-0.4, -0.2) is 47.1 Å². The van der Waals surface area contributed by atoms with Crippen molar-refractivity contribution in [1.29, 1.82) is 0 Å². The minimum atomic E-state index is -0.618. The molecule has 2 bridgehead atoms. The molecule has 2 aliphatic heterocycles. The number of fused-ring (bicyclic) bond motifs is 2. The van der Waals surface area contributed by atoms with E-state index in [2.05, 4.69) is 35.6 Å². The summed E-state index contributed by atoms with van der Waals surface area (Å²) in [4.78, 5) is 4.34. The van der Waals surface area contributed by atoms with E-state index in [9.17, 15) is 4.39 Å². The highest BCUT2D eigenvalue weighted by Gasteiger charge is 2.34. The normalized spacial score (nSPS) is 22.1. The number of nitrogens with one attached hydrogen (secondary N) is 1. The first-order chi connectivity index (χ1) is 16.1. The molecule has 4 aromatic rings. The van der Waals surface area contributed by atoms with E-state index in [0.29, 0.717) is 23.7 Å². The fraction of sp³-hybridized carbons (Fsp3) is 0.318. The largest absolute Gasteiger partial charge is 0.383 e. The Morgan fingerprint density at radius 3 is 2.76 bits per heavy atom. The van der Waals surface area contributed by atoms with Crippen molar-refractivity contribution in [2.24, 2.45) is 0 Å². The number of nitrogens with zero attached hydrogens (tertiary/aromatic N) is 7. The zero-order valence-corrected chi connectivity index (χ0v) is 18.3. The Balaban J connectivity index is 1.35. The summed E-state index contributed by atoms with van der Waals surface area (Å²) < 4.78 is 18.0. The van der Waals surface area contributed by atoms with Crippen LogP contribution in [0.25, 0.3) is 28.2 Å². The molecule has 2 saturated heterocycles. The quantitative estimate of drug-likeness (QED) is 0.474. The summed E-state index contributed by atoms with van der Waals surface area (Å²) in [6.07, 6.45) is 10.2. The lowest BCUT2D eigenvalue weighted by Gasteiger charge is -2.29. The predicted octanol–water partition coefficient (Wildman–Crippen LogP) is 3.42. The molecular formula is C22H21ClFN9. The number of aromatic nitrogens is 7. The molecule has 0 saturated carbocycles. The number of pyridine rings is 1. The predicted molar refractivity (Wildman–Crippen MR) is 121 cm³/mol. The van der Waals surface area contributed by atoms with Crippen LogP contribution in [0.4, 0.5) is 10.2 Å². The maximum Gasteiger partial charge on any atom is 0.190 e. The highest BCUT2D eigenvalue weighted by atomic mass is 35.5. The zero-order valence-electron chi connectivity index (χ0n) is 17.6. The van der Waals surface area contributed by atoms with Gasteiger partial charge in [0.2, 0.25) is 0 Å². The van der Waals surface area contributed by atoms with Crippen molar-refractivity contribution in [1.82, 2.24) is 40.3 Å². The van der Waals surface area contributed by atoms with E-state index in [0.717, 1.165) is 24.0 Å². The number of halogens is 2. The number of nitrogen functional groups attached to an aromatic ring is 1. The summed E-state index contributed by atoms with van der Waals surface area (Å²) >= 11 is 5.95. The summed E-state index contributed by atoms with van der Waals surface area (Å²) in [7, 11) is 0. The molecular weight excluding hydrogens is 445 g/mol. The number of anilines is 1. The molecule has 0 radical (unpaired) electrons. The minimum absolute atomic E-state index is 0.0208. The Morgan fingerprint density at radius 2 is 1.94 bits per heavy atom. The van der Waals surface area contributed by atoms with Crippen molar-refractivity contribution in [3.05, 3.63) is 53.7 Å². The molecule has 3 aromatic heterocycles. The van der Waals surface area contributed by atoms with Gasteiger partial charge in [-0.25, -0.2) is 9.37 Å². The van der Waals surface area contributed by atoms with Gasteiger partial charge in [0.1, 0.15) is 11.5 Å². The van der Waals surface area contributed by atoms with Crippen LogP contribution in [0.5, 0.6) is 0 Å². The van der Waals surface area contributed by atoms with E-state index >= 15 is 0 Å². The summed E-state index contributed by atoms with van der Waals surface area (Å²) in [6, 6.07) is 8.04. The molecule has 6 rings (SSSR count). The van der Waals surface area contributed by atoms with Crippen LogP contribution < -0.4 is 11.1 Å². The third kappa shape index (κ3) is 3.55. The van der Waals surface area contributed by atoms with Crippen molar-refractivity contribution in [3.8, 4) is 28.2 Å². The van der Waals surface area contributed by atoms with Crippen LogP contribution in [0, 0.1) is 5.82 Å². The maximum atomic E-state index is 14.6. The highest BCUT2D eigenvalue weighted by Crippen LogP contribution is 2.35. The Morgan fingerprint density at radius 1 is 1.12 bits per heavy atom. The average Bonchev–Trinajstić information content (AvgIpc) is 3.56. The van der Waals surface area contributed by atoms with E-state index in [1.165, 1.54) is 23.6 Å². The van der Waals surface area contributed by atoms with Gasteiger partial charge in [0.25, 0.3) is 0 Å². The van der Waals surface area contributed by atoms with Crippen LogP contribution in [0.15, 0.2) is 42.9 Å². The van der Waals surface area contributed by atoms with Crippen molar-refractivity contribution >= 4 is 17.4 Å². The summed E-state index contributed by atoms with van der Waals surface area (Å²) in [6.45, 7) is 0. The first-order valence-corrected chi connectivity index (χ1v) is 11.2. The minimum Gasteiger partial charge on any atom is -0.383 e. The number of tetrazole rings is 1. The van der Waals surface area contributed by atoms with Gasteiger partial charge in [-0.3, -0.25) is 4.68 Å². The van der Waals surface area contributed by atoms with Crippen molar-refractivity contribution in [2.75, 3.05) is 5.73 Å². The molecule has 11 heteroatoms. The van der Waals surface area contributed by atoms with Gasteiger partial charge in [-0.15, -0.1) is 5.10 Å². The topological polar surface area (TPSA) is 112 Å². The molecule has 0 amide bonds. The lowest BCUT2D eigenvalue weighted by Crippen LogP contribution is -2.38. The van der Waals surface area contributed by atoms with E-state index in [4.69, 9.17) is 17.3 Å². The van der Waals surface area contributed by atoms with E-state index in [-0.39, 0.29) is 22.4 Å². The van der Waals surface area contributed by atoms with Crippen LogP contribution in [0.2, 0.25) is 5.02 Å². The summed E-state index contributed by atoms with van der Waals surface area (Å²) in [5.41, 5.74) is 8.52. The van der Waals surface area contributed by atoms with Crippen LogP contribution in [-0.2, 0) is 0 Å². The molecule has 2 fully saturated rings. The fourth-order valence-corrected chi connectivity index (χ4v) is 5.09. The first-order valence-electron chi connectivity index (χ1n) is 10.9.